The zero-order chi connectivity index (χ0) is 21.3. The van der Waals surface area contributed by atoms with Crippen LogP contribution in [0.4, 0.5) is 10.5 Å². The first-order valence-electron chi connectivity index (χ1n) is 9.79. The second-order valence-corrected chi connectivity index (χ2v) is 7.52. The number of benzene rings is 2. The van der Waals surface area contributed by atoms with E-state index in [4.69, 9.17) is 0 Å². The summed E-state index contributed by atoms with van der Waals surface area (Å²) in [6.45, 7) is 2.47. The van der Waals surface area contributed by atoms with Gasteiger partial charge in [0.1, 0.15) is 6.04 Å². The van der Waals surface area contributed by atoms with Crippen molar-refractivity contribution < 1.29 is 19.2 Å². The minimum atomic E-state index is -0.659. The van der Waals surface area contributed by atoms with Crippen molar-refractivity contribution in [1.29, 1.82) is 0 Å². The number of fused-ring (bicyclic) bond motifs is 1. The Balaban J connectivity index is 1.44. The van der Waals surface area contributed by atoms with E-state index in [2.05, 4.69) is 16.0 Å². The number of carbonyl (C=O) groups excluding carboxylic acids is 4. The summed E-state index contributed by atoms with van der Waals surface area (Å²) in [6, 6.07) is 11.8. The van der Waals surface area contributed by atoms with Crippen molar-refractivity contribution in [2.45, 2.75) is 38.9 Å². The van der Waals surface area contributed by atoms with E-state index < -0.39 is 11.9 Å². The van der Waals surface area contributed by atoms with E-state index in [0.29, 0.717) is 17.7 Å². The molecule has 0 aliphatic carbocycles. The van der Waals surface area contributed by atoms with Crippen LogP contribution in [0.2, 0.25) is 0 Å². The predicted octanol–water partition coefficient (Wildman–Crippen LogP) is 2.08. The largest absolute Gasteiger partial charge is 0.334 e. The summed E-state index contributed by atoms with van der Waals surface area (Å²) in [4.78, 5) is 50.2. The molecular weight excluding hydrogens is 384 g/mol. The van der Waals surface area contributed by atoms with Gasteiger partial charge >= 0.3 is 6.03 Å². The zero-order valence-electron chi connectivity index (χ0n) is 16.5. The van der Waals surface area contributed by atoms with Gasteiger partial charge in [-0.2, -0.15) is 0 Å². The van der Waals surface area contributed by atoms with Gasteiger partial charge in [0.25, 0.3) is 5.91 Å². The van der Waals surface area contributed by atoms with E-state index in [1.807, 2.05) is 37.3 Å². The average molecular weight is 406 g/mol. The number of urea groups is 1. The van der Waals surface area contributed by atoms with E-state index in [1.165, 1.54) is 4.90 Å². The summed E-state index contributed by atoms with van der Waals surface area (Å²) in [5.41, 5.74) is 3.88. The van der Waals surface area contributed by atoms with Crippen LogP contribution in [0.1, 0.15) is 39.9 Å². The van der Waals surface area contributed by atoms with Gasteiger partial charge < -0.3 is 15.5 Å². The Morgan fingerprint density at radius 1 is 1.17 bits per heavy atom. The fourth-order valence-electron chi connectivity index (χ4n) is 3.89. The smallest absolute Gasteiger partial charge is 0.319 e. The van der Waals surface area contributed by atoms with Gasteiger partial charge in [0, 0.05) is 30.8 Å². The zero-order valence-corrected chi connectivity index (χ0v) is 16.5. The minimum absolute atomic E-state index is 0.212. The number of rotatable bonds is 4. The highest BCUT2D eigenvalue weighted by atomic mass is 16.2. The van der Waals surface area contributed by atoms with Crippen LogP contribution in [-0.4, -0.2) is 34.7 Å². The highest BCUT2D eigenvalue weighted by Gasteiger charge is 2.39. The van der Waals surface area contributed by atoms with Crippen LogP contribution in [0, 0.1) is 6.92 Å². The van der Waals surface area contributed by atoms with Gasteiger partial charge in [0.05, 0.1) is 0 Å². The molecule has 5 amide bonds. The quantitative estimate of drug-likeness (QED) is 0.676. The van der Waals surface area contributed by atoms with Crippen molar-refractivity contribution in [2.24, 2.45) is 0 Å². The number of amides is 5. The Kier molecular flexibility index (Phi) is 5.22. The summed E-state index contributed by atoms with van der Waals surface area (Å²) in [5.74, 6) is -0.986. The molecular formula is C22H22N4O4. The Bertz CT molecular complexity index is 1050. The molecule has 8 heteroatoms. The maximum absolute atomic E-state index is 12.8. The number of nitrogens with zero attached hydrogens (tertiary/aromatic N) is 1. The summed E-state index contributed by atoms with van der Waals surface area (Å²) in [7, 11) is 0. The standard InChI is InChI=1S/C22H22N4O4/c1-13-4-2-6-15(10-13)24-22(30)23-11-14-5-3-7-16-17(14)12-26(21(16)29)18-8-9-19(27)25-20(18)28/h2-7,10,18H,8-9,11-12H2,1H3,(H2,23,24,30)(H,25,27,28). The molecule has 1 saturated heterocycles. The van der Waals surface area contributed by atoms with Gasteiger partial charge in [-0.3, -0.25) is 19.7 Å². The number of piperidine rings is 1. The second-order valence-electron chi connectivity index (χ2n) is 7.52. The fraction of sp³-hybridized carbons (Fsp3) is 0.273. The van der Waals surface area contributed by atoms with E-state index in [-0.39, 0.29) is 37.4 Å². The first-order chi connectivity index (χ1) is 14.4. The van der Waals surface area contributed by atoms with Crippen molar-refractivity contribution in [2.75, 3.05) is 5.32 Å². The summed E-state index contributed by atoms with van der Waals surface area (Å²) in [6.07, 6.45) is 0.529. The number of hydrogen-bond acceptors (Lipinski definition) is 4. The molecule has 0 radical (unpaired) electrons. The van der Waals surface area contributed by atoms with Crippen LogP contribution in [0.3, 0.4) is 0 Å². The molecule has 2 aliphatic heterocycles. The van der Waals surface area contributed by atoms with Crippen LogP contribution in [-0.2, 0) is 22.7 Å². The number of nitrogens with one attached hydrogen (secondary N) is 3. The molecule has 154 valence electrons. The lowest BCUT2D eigenvalue weighted by Gasteiger charge is -2.29. The molecule has 4 rings (SSSR count). The third-order valence-corrected chi connectivity index (χ3v) is 5.39. The average Bonchev–Trinajstić information content (AvgIpc) is 3.03. The molecule has 8 nitrogen and oxygen atoms in total. The van der Waals surface area contributed by atoms with Crippen molar-refractivity contribution in [3.63, 3.8) is 0 Å². The molecule has 2 aliphatic rings. The van der Waals surface area contributed by atoms with Crippen molar-refractivity contribution in [3.8, 4) is 0 Å². The first kappa shape index (κ1) is 19.6. The molecule has 3 N–H and O–H groups in total. The minimum Gasteiger partial charge on any atom is -0.334 e. The van der Waals surface area contributed by atoms with Gasteiger partial charge in [-0.25, -0.2) is 4.79 Å². The maximum atomic E-state index is 12.8. The Hall–Kier alpha value is -3.68. The van der Waals surface area contributed by atoms with Crippen LogP contribution in [0.5, 0.6) is 0 Å². The van der Waals surface area contributed by atoms with Gasteiger partial charge in [-0.05, 0) is 48.2 Å². The second kappa shape index (κ2) is 7.98. The van der Waals surface area contributed by atoms with Gasteiger partial charge in [0.2, 0.25) is 11.8 Å². The Morgan fingerprint density at radius 3 is 2.73 bits per heavy atom. The highest BCUT2D eigenvalue weighted by molar-refractivity contribution is 6.05. The van der Waals surface area contributed by atoms with E-state index in [0.717, 1.165) is 16.7 Å². The van der Waals surface area contributed by atoms with Gasteiger partial charge in [-0.15, -0.1) is 0 Å². The van der Waals surface area contributed by atoms with Crippen molar-refractivity contribution >= 4 is 29.4 Å². The van der Waals surface area contributed by atoms with Crippen molar-refractivity contribution in [1.82, 2.24) is 15.5 Å². The molecule has 0 saturated carbocycles. The lowest BCUT2D eigenvalue weighted by Crippen LogP contribution is -2.52. The third-order valence-electron chi connectivity index (χ3n) is 5.39. The molecule has 2 aromatic rings. The summed E-state index contributed by atoms with van der Waals surface area (Å²) in [5, 5.41) is 7.90. The number of anilines is 1. The molecule has 30 heavy (non-hydrogen) atoms. The monoisotopic (exact) mass is 406 g/mol. The van der Waals surface area contributed by atoms with Crippen molar-refractivity contribution in [3.05, 3.63) is 64.7 Å². The third kappa shape index (κ3) is 3.89. The first-order valence-corrected chi connectivity index (χ1v) is 9.79. The van der Waals surface area contributed by atoms with E-state index in [9.17, 15) is 19.2 Å². The van der Waals surface area contributed by atoms with Gasteiger partial charge in [0.15, 0.2) is 0 Å². The molecule has 1 atom stereocenters. The number of hydrogen-bond donors (Lipinski definition) is 3. The lowest BCUT2D eigenvalue weighted by atomic mass is 10.0. The SMILES string of the molecule is Cc1cccc(NC(=O)NCc2cccc3c2CN(C2CCC(=O)NC2=O)C3=O)c1. The Labute approximate surface area is 173 Å². The maximum Gasteiger partial charge on any atom is 0.319 e. The topological polar surface area (TPSA) is 108 Å². The number of aryl methyl sites for hydroxylation is 1. The number of imide groups is 1. The van der Waals surface area contributed by atoms with Crippen LogP contribution < -0.4 is 16.0 Å². The fourth-order valence-corrected chi connectivity index (χ4v) is 3.89. The molecule has 2 heterocycles. The van der Waals surface area contributed by atoms with Crippen LogP contribution in [0.15, 0.2) is 42.5 Å². The molecule has 0 aromatic heterocycles. The Morgan fingerprint density at radius 2 is 1.97 bits per heavy atom. The highest BCUT2D eigenvalue weighted by Crippen LogP contribution is 2.29. The molecule has 0 bridgehead atoms. The lowest BCUT2D eigenvalue weighted by molar-refractivity contribution is -0.136. The normalized spacial score (nSPS) is 18.1. The molecule has 1 unspecified atom stereocenters. The van der Waals surface area contributed by atoms with E-state index in [1.54, 1.807) is 12.1 Å². The molecule has 1 fully saturated rings. The molecule has 0 spiro atoms. The summed E-state index contributed by atoms with van der Waals surface area (Å²) < 4.78 is 0. The summed E-state index contributed by atoms with van der Waals surface area (Å²) >= 11 is 0. The van der Waals surface area contributed by atoms with Crippen LogP contribution in [0.25, 0.3) is 0 Å². The predicted molar refractivity (Wildman–Crippen MR) is 110 cm³/mol. The number of carbonyl (C=O) groups is 4. The van der Waals surface area contributed by atoms with E-state index >= 15 is 0 Å². The van der Waals surface area contributed by atoms with Gasteiger partial charge in [-0.1, -0.05) is 24.3 Å². The molecule has 2 aromatic carbocycles. The van der Waals surface area contributed by atoms with Crippen LogP contribution >= 0.6 is 0 Å².